The van der Waals surface area contributed by atoms with Gasteiger partial charge in [-0.3, -0.25) is 14.5 Å². The van der Waals surface area contributed by atoms with Gasteiger partial charge < -0.3 is 10.6 Å². The lowest BCUT2D eigenvalue weighted by molar-refractivity contribution is -0.135. The van der Waals surface area contributed by atoms with Gasteiger partial charge in [0, 0.05) is 11.1 Å². The molecule has 7 heteroatoms. The summed E-state index contributed by atoms with van der Waals surface area (Å²) < 4.78 is 0. The Labute approximate surface area is 158 Å². The molecule has 0 aromatic heterocycles. The fourth-order valence-corrected chi connectivity index (χ4v) is 3.79. The number of nitrogens with zero attached hydrogens (tertiary/aromatic N) is 1. The van der Waals surface area contributed by atoms with E-state index in [2.05, 4.69) is 10.6 Å². The summed E-state index contributed by atoms with van der Waals surface area (Å²) in [5.74, 6) is -0.721. The molecule has 0 radical (unpaired) electrons. The summed E-state index contributed by atoms with van der Waals surface area (Å²) in [5.41, 5.74) is -0.559. The number of urea groups is 1. The van der Waals surface area contributed by atoms with E-state index in [9.17, 15) is 14.4 Å². The Morgan fingerprint density at radius 3 is 2.42 bits per heavy atom. The van der Waals surface area contributed by atoms with Gasteiger partial charge in [-0.05, 0) is 37.5 Å². The number of amides is 4. The summed E-state index contributed by atoms with van der Waals surface area (Å²) in [4.78, 5) is 38.5. The topological polar surface area (TPSA) is 78.5 Å². The van der Waals surface area contributed by atoms with Gasteiger partial charge in [0.15, 0.2) is 0 Å². The number of halogens is 1. The molecule has 0 bridgehead atoms. The number of hydrogen-bond acceptors (Lipinski definition) is 3. The van der Waals surface area contributed by atoms with Crippen molar-refractivity contribution in [2.45, 2.75) is 57.0 Å². The van der Waals surface area contributed by atoms with E-state index in [4.69, 9.17) is 11.6 Å². The predicted molar refractivity (Wildman–Crippen MR) is 98.7 cm³/mol. The number of hydrogen-bond donors (Lipinski definition) is 2. The fourth-order valence-electron chi connectivity index (χ4n) is 3.66. The van der Waals surface area contributed by atoms with E-state index < -0.39 is 17.5 Å². The Kier molecular flexibility index (Phi) is 5.51. The number of carbonyl (C=O) groups excluding carboxylic acids is 3. The molecular formula is C19H24ClN3O3. The van der Waals surface area contributed by atoms with Gasteiger partial charge in [-0.25, -0.2) is 4.79 Å². The fraction of sp³-hybridized carbons (Fsp3) is 0.526. The van der Waals surface area contributed by atoms with Crippen molar-refractivity contribution in [2.75, 3.05) is 6.54 Å². The Morgan fingerprint density at radius 2 is 1.81 bits per heavy atom. The third-order valence-corrected chi connectivity index (χ3v) is 5.47. The highest BCUT2D eigenvalue weighted by Gasteiger charge is 2.49. The Balaban J connectivity index is 1.66. The number of imide groups is 1. The summed E-state index contributed by atoms with van der Waals surface area (Å²) in [6.07, 6.45) is 6.49. The Morgan fingerprint density at radius 1 is 1.19 bits per heavy atom. The van der Waals surface area contributed by atoms with Gasteiger partial charge in [0.05, 0.1) is 0 Å². The summed E-state index contributed by atoms with van der Waals surface area (Å²) in [5, 5.41) is 6.22. The standard InChI is InChI=1S/C19H24ClN3O3/c1-19(13-8-10-14(20)11-9-13)17(25)23(18(26)22-19)12-16(24)21-15-6-4-2-3-5-7-15/h8-11,15H,2-7,12H2,1H3,(H,21,24)(H,22,26)/t19-/m1/s1. The van der Waals surface area contributed by atoms with Gasteiger partial charge >= 0.3 is 6.03 Å². The van der Waals surface area contributed by atoms with Gasteiger partial charge in [0.1, 0.15) is 12.1 Å². The van der Waals surface area contributed by atoms with Gasteiger partial charge in [-0.1, -0.05) is 49.4 Å². The van der Waals surface area contributed by atoms with Crippen LogP contribution in [0.3, 0.4) is 0 Å². The van der Waals surface area contributed by atoms with Crippen molar-refractivity contribution >= 4 is 29.4 Å². The van der Waals surface area contributed by atoms with Crippen molar-refractivity contribution in [2.24, 2.45) is 0 Å². The summed E-state index contributed by atoms with van der Waals surface area (Å²) in [6.45, 7) is 1.38. The molecule has 6 nitrogen and oxygen atoms in total. The van der Waals surface area contributed by atoms with E-state index in [1.54, 1.807) is 31.2 Å². The quantitative estimate of drug-likeness (QED) is 0.625. The second kappa shape index (κ2) is 7.66. The second-order valence-electron chi connectivity index (χ2n) is 7.21. The first kappa shape index (κ1) is 18.7. The smallest absolute Gasteiger partial charge is 0.325 e. The third kappa shape index (κ3) is 3.85. The largest absolute Gasteiger partial charge is 0.352 e. The number of nitrogens with one attached hydrogen (secondary N) is 2. The van der Waals surface area contributed by atoms with Crippen LogP contribution in [0.4, 0.5) is 4.79 Å². The van der Waals surface area contributed by atoms with Crippen LogP contribution in [0.2, 0.25) is 5.02 Å². The molecule has 2 N–H and O–H groups in total. The van der Waals surface area contributed by atoms with Crippen LogP contribution in [0.1, 0.15) is 51.0 Å². The summed E-state index contributed by atoms with van der Waals surface area (Å²) >= 11 is 5.89. The SMILES string of the molecule is C[C@]1(c2ccc(Cl)cc2)NC(=O)N(CC(=O)NC2CCCCCC2)C1=O. The van der Waals surface area contributed by atoms with Crippen LogP contribution in [-0.2, 0) is 15.1 Å². The molecule has 1 atom stereocenters. The Bertz CT molecular complexity index is 698. The molecule has 2 fully saturated rings. The number of rotatable bonds is 4. The zero-order valence-electron chi connectivity index (χ0n) is 14.9. The van der Waals surface area contributed by atoms with Crippen molar-refractivity contribution in [3.63, 3.8) is 0 Å². The highest BCUT2D eigenvalue weighted by atomic mass is 35.5. The van der Waals surface area contributed by atoms with E-state index in [1.165, 1.54) is 12.8 Å². The molecule has 0 spiro atoms. The molecule has 1 aromatic rings. The molecule has 4 amide bonds. The zero-order chi connectivity index (χ0) is 18.7. The molecule has 1 aliphatic heterocycles. The van der Waals surface area contributed by atoms with Crippen molar-refractivity contribution in [1.29, 1.82) is 0 Å². The van der Waals surface area contributed by atoms with E-state index >= 15 is 0 Å². The van der Waals surface area contributed by atoms with Gasteiger partial charge in [-0.15, -0.1) is 0 Å². The third-order valence-electron chi connectivity index (χ3n) is 5.22. The lowest BCUT2D eigenvalue weighted by atomic mass is 9.92. The molecular weight excluding hydrogens is 354 g/mol. The van der Waals surface area contributed by atoms with Gasteiger partial charge in [0.2, 0.25) is 5.91 Å². The molecule has 0 unspecified atom stereocenters. The number of benzene rings is 1. The van der Waals surface area contributed by atoms with Crippen LogP contribution < -0.4 is 10.6 Å². The minimum absolute atomic E-state index is 0.133. The first-order chi connectivity index (χ1) is 12.4. The van der Waals surface area contributed by atoms with E-state index in [1.807, 2.05) is 0 Å². The maximum atomic E-state index is 12.8. The lowest BCUT2D eigenvalue weighted by Gasteiger charge is -2.22. The molecule has 1 aromatic carbocycles. The maximum Gasteiger partial charge on any atom is 0.325 e. The highest BCUT2D eigenvalue weighted by molar-refractivity contribution is 6.30. The molecule has 140 valence electrons. The first-order valence-corrected chi connectivity index (χ1v) is 9.47. The monoisotopic (exact) mass is 377 g/mol. The lowest BCUT2D eigenvalue weighted by Crippen LogP contribution is -2.45. The van der Waals surface area contributed by atoms with Crippen LogP contribution in [-0.4, -0.2) is 35.3 Å². The summed E-state index contributed by atoms with van der Waals surface area (Å²) in [6, 6.07) is 6.33. The van der Waals surface area contributed by atoms with Crippen molar-refractivity contribution < 1.29 is 14.4 Å². The van der Waals surface area contributed by atoms with E-state index in [-0.39, 0.29) is 18.5 Å². The maximum absolute atomic E-state index is 12.8. The molecule has 1 heterocycles. The average molecular weight is 378 g/mol. The predicted octanol–water partition coefficient (Wildman–Crippen LogP) is 2.95. The van der Waals surface area contributed by atoms with Crippen LogP contribution in [0.5, 0.6) is 0 Å². The molecule has 1 saturated carbocycles. The van der Waals surface area contributed by atoms with Crippen LogP contribution in [0.15, 0.2) is 24.3 Å². The molecule has 3 rings (SSSR count). The Hall–Kier alpha value is -2.08. The molecule has 2 aliphatic rings. The van der Waals surface area contributed by atoms with Crippen molar-refractivity contribution in [3.05, 3.63) is 34.9 Å². The highest BCUT2D eigenvalue weighted by Crippen LogP contribution is 2.29. The molecule has 26 heavy (non-hydrogen) atoms. The second-order valence-corrected chi connectivity index (χ2v) is 7.65. The van der Waals surface area contributed by atoms with Gasteiger partial charge in [-0.2, -0.15) is 0 Å². The van der Waals surface area contributed by atoms with Gasteiger partial charge in [0.25, 0.3) is 5.91 Å². The van der Waals surface area contributed by atoms with Crippen LogP contribution in [0.25, 0.3) is 0 Å². The molecule has 1 aliphatic carbocycles. The summed E-state index contributed by atoms with van der Waals surface area (Å²) in [7, 11) is 0. The van der Waals surface area contributed by atoms with Crippen LogP contribution in [0, 0.1) is 0 Å². The normalized spacial score (nSPS) is 24.3. The van der Waals surface area contributed by atoms with E-state index in [0.717, 1.165) is 30.6 Å². The van der Waals surface area contributed by atoms with Crippen molar-refractivity contribution in [3.8, 4) is 0 Å². The van der Waals surface area contributed by atoms with Crippen molar-refractivity contribution in [1.82, 2.24) is 15.5 Å². The minimum Gasteiger partial charge on any atom is -0.352 e. The number of carbonyl (C=O) groups is 3. The van der Waals surface area contributed by atoms with Crippen LogP contribution >= 0.6 is 11.6 Å². The zero-order valence-corrected chi connectivity index (χ0v) is 15.6. The average Bonchev–Trinajstić information content (AvgIpc) is 2.79. The van der Waals surface area contributed by atoms with E-state index in [0.29, 0.717) is 10.6 Å². The molecule has 1 saturated heterocycles. The minimum atomic E-state index is -1.19. The first-order valence-electron chi connectivity index (χ1n) is 9.09.